The number of rotatable bonds is 9. The highest BCUT2D eigenvalue weighted by Crippen LogP contribution is 2.33. The Morgan fingerprint density at radius 2 is 2.00 bits per heavy atom. The Morgan fingerprint density at radius 1 is 1.25 bits per heavy atom. The molecule has 2 aromatic rings. The molecule has 0 aliphatic carbocycles. The normalized spacial score (nSPS) is 15.2. The number of benzene rings is 2. The molecule has 0 aromatic heterocycles. The summed E-state index contributed by atoms with van der Waals surface area (Å²) in [6.07, 6.45) is 1.55. The van der Waals surface area contributed by atoms with E-state index in [2.05, 4.69) is 37.1 Å². The molecule has 3 N–H and O–H groups in total. The van der Waals surface area contributed by atoms with Crippen LogP contribution in [0.25, 0.3) is 0 Å². The highest BCUT2D eigenvalue weighted by Gasteiger charge is 2.32. The van der Waals surface area contributed by atoms with Gasteiger partial charge < -0.3 is 25.0 Å². The molecule has 190 valence electrons. The molecule has 36 heavy (non-hydrogen) atoms. The first kappa shape index (κ1) is 27.2. The summed E-state index contributed by atoms with van der Waals surface area (Å²) in [7, 11) is 3.91. The number of nitrogens with one attached hydrogen (secondary N) is 3. The van der Waals surface area contributed by atoms with Crippen LogP contribution >= 0.6 is 28.1 Å². The second-order valence-electron chi connectivity index (χ2n) is 8.02. The summed E-state index contributed by atoms with van der Waals surface area (Å²) < 4.78 is 12.0. The van der Waals surface area contributed by atoms with E-state index in [4.69, 9.17) is 21.7 Å². The molecule has 1 amide bonds. The van der Waals surface area contributed by atoms with Gasteiger partial charge in [-0.1, -0.05) is 24.3 Å². The number of anilines is 1. The van der Waals surface area contributed by atoms with Crippen LogP contribution in [0.15, 0.2) is 63.3 Å². The van der Waals surface area contributed by atoms with Gasteiger partial charge in [0, 0.05) is 29.8 Å². The van der Waals surface area contributed by atoms with Crippen LogP contribution < -0.4 is 25.7 Å². The van der Waals surface area contributed by atoms with Gasteiger partial charge in [0.25, 0.3) is 5.91 Å². The number of halogens is 1. The molecule has 0 unspecified atom stereocenters. The molecular weight excluding hydrogens is 546 g/mol. The van der Waals surface area contributed by atoms with Crippen LogP contribution in [-0.2, 0) is 14.3 Å². The summed E-state index contributed by atoms with van der Waals surface area (Å²) in [6, 6.07) is 12.3. The molecule has 0 saturated heterocycles. The van der Waals surface area contributed by atoms with Crippen molar-refractivity contribution in [1.29, 1.82) is 0 Å². The molecule has 0 fully saturated rings. The topological polar surface area (TPSA) is 104 Å². The summed E-state index contributed by atoms with van der Waals surface area (Å²) in [5.41, 5.74) is 5.94. The summed E-state index contributed by atoms with van der Waals surface area (Å²) in [5, 5.41) is 10.4. The molecule has 0 bridgehead atoms. The predicted molar refractivity (Wildman–Crippen MR) is 147 cm³/mol. The summed E-state index contributed by atoms with van der Waals surface area (Å²) >= 11 is 8.82. The standard InChI is InChI=1S/C25H28BrN5O4S/c1-5-34-24(33)22-15(2)28-25(36)29-23(22)17-8-6-7-9-20(17)35-14-21(32)30-27-13-16-10-11-19(31(3)4)18(26)12-16/h6-13,23H,5,14H2,1-4H3,(H,30,32)(H2,28,29,36)/t23-/m0/s1. The van der Waals surface area contributed by atoms with E-state index in [9.17, 15) is 9.59 Å². The minimum atomic E-state index is -0.598. The minimum Gasteiger partial charge on any atom is -0.483 e. The van der Waals surface area contributed by atoms with Crippen molar-refractivity contribution in [3.63, 3.8) is 0 Å². The quantitative estimate of drug-likeness (QED) is 0.181. The van der Waals surface area contributed by atoms with Crippen LogP contribution in [0, 0.1) is 0 Å². The van der Waals surface area contributed by atoms with Crippen LogP contribution in [0.5, 0.6) is 5.75 Å². The molecule has 2 aromatic carbocycles. The maximum absolute atomic E-state index is 12.7. The fraction of sp³-hybridized carbons (Fsp3) is 0.280. The van der Waals surface area contributed by atoms with Crippen molar-refractivity contribution in [2.24, 2.45) is 5.10 Å². The Hall–Kier alpha value is -3.44. The number of nitrogens with zero attached hydrogens (tertiary/aromatic N) is 2. The van der Waals surface area contributed by atoms with E-state index in [0.717, 1.165) is 15.7 Å². The first-order valence-electron chi connectivity index (χ1n) is 11.2. The Labute approximate surface area is 224 Å². The number of hydrogen-bond acceptors (Lipinski definition) is 7. The SMILES string of the molecule is CCOC(=O)C1=C(C)NC(=S)N[C@H]1c1ccccc1OCC(=O)NN=Cc1ccc(N(C)C)c(Br)c1. The minimum absolute atomic E-state index is 0.238. The lowest BCUT2D eigenvalue weighted by Gasteiger charge is -2.30. The molecule has 11 heteroatoms. The number of ether oxygens (including phenoxy) is 2. The van der Waals surface area contributed by atoms with Gasteiger partial charge in [-0.3, -0.25) is 4.79 Å². The third-order valence-corrected chi connectivity index (χ3v) is 6.06. The number of allylic oxidation sites excluding steroid dienone is 1. The number of carbonyl (C=O) groups excluding carboxylic acids is 2. The maximum atomic E-state index is 12.7. The molecule has 0 spiro atoms. The van der Waals surface area contributed by atoms with Gasteiger partial charge in [0.1, 0.15) is 5.75 Å². The molecular formula is C25H28BrN5O4S. The molecule has 1 atom stereocenters. The zero-order valence-electron chi connectivity index (χ0n) is 20.4. The van der Waals surface area contributed by atoms with E-state index in [1.807, 2.05) is 43.3 Å². The Kier molecular flexibility index (Phi) is 9.43. The molecule has 1 aliphatic rings. The van der Waals surface area contributed by atoms with E-state index < -0.39 is 17.9 Å². The average molecular weight is 575 g/mol. The first-order valence-corrected chi connectivity index (χ1v) is 12.4. The molecule has 1 aliphatic heterocycles. The molecule has 3 rings (SSSR count). The van der Waals surface area contributed by atoms with Gasteiger partial charge in [0.15, 0.2) is 11.7 Å². The molecule has 9 nitrogen and oxygen atoms in total. The van der Waals surface area contributed by atoms with Gasteiger partial charge in [-0.2, -0.15) is 5.10 Å². The molecule has 0 radical (unpaired) electrons. The lowest BCUT2D eigenvalue weighted by molar-refractivity contribution is -0.139. The number of amides is 1. The highest BCUT2D eigenvalue weighted by atomic mass is 79.9. The van der Waals surface area contributed by atoms with E-state index in [1.165, 1.54) is 0 Å². The predicted octanol–water partition coefficient (Wildman–Crippen LogP) is 3.40. The highest BCUT2D eigenvalue weighted by molar-refractivity contribution is 9.10. The number of esters is 1. The van der Waals surface area contributed by atoms with E-state index >= 15 is 0 Å². The van der Waals surface area contributed by atoms with Gasteiger partial charge in [0.05, 0.1) is 30.1 Å². The van der Waals surface area contributed by atoms with Crippen molar-refractivity contribution >= 4 is 57.0 Å². The number of hydrogen-bond donors (Lipinski definition) is 3. The zero-order valence-corrected chi connectivity index (χ0v) is 22.8. The second-order valence-corrected chi connectivity index (χ2v) is 9.28. The largest absolute Gasteiger partial charge is 0.483 e. The van der Waals surface area contributed by atoms with Gasteiger partial charge in [-0.05, 0) is 65.8 Å². The van der Waals surface area contributed by atoms with Gasteiger partial charge in [0.2, 0.25) is 0 Å². The zero-order chi connectivity index (χ0) is 26.2. The Morgan fingerprint density at radius 3 is 2.69 bits per heavy atom. The Bertz CT molecular complexity index is 1210. The summed E-state index contributed by atoms with van der Waals surface area (Å²) in [4.78, 5) is 27.0. The summed E-state index contributed by atoms with van der Waals surface area (Å²) in [5.74, 6) is -0.470. The number of thiocarbonyl (C=S) groups is 1. The van der Waals surface area contributed by atoms with Crippen molar-refractivity contribution in [3.05, 3.63) is 69.3 Å². The van der Waals surface area contributed by atoms with Crippen molar-refractivity contribution in [1.82, 2.24) is 16.1 Å². The first-order chi connectivity index (χ1) is 17.2. The van der Waals surface area contributed by atoms with Crippen molar-refractivity contribution < 1.29 is 19.1 Å². The van der Waals surface area contributed by atoms with Crippen molar-refractivity contribution in [3.8, 4) is 5.75 Å². The molecule has 1 heterocycles. The number of hydrazone groups is 1. The fourth-order valence-electron chi connectivity index (χ4n) is 3.58. The number of carbonyl (C=O) groups is 2. The van der Waals surface area contributed by atoms with E-state index in [0.29, 0.717) is 27.7 Å². The van der Waals surface area contributed by atoms with Crippen molar-refractivity contribution in [2.45, 2.75) is 19.9 Å². The van der Waals surface area contributed by atoms with E-state index in [-0.39, 0.29) is 13.2 Å². The van der Waals surface area contributed by atoms with Crippen molar-refractivity contribution in [2.75, 3.05) is 32.2 Å². The van der Waals surface area contributed by atoms with Crippen LogP contribution in [-0.4, -0.2) is 50.5 Å². The lowest BCUT2D eigenvalue weighted by Crippen LogP contribution is -2.45. The third kappa shape index (κ3) is 6.82. The van der Waals surface area contributed by atoms with E-state index in [1.54, 1.807) is 38.3 Å². The number of para-hydroxylation sites is 1. The maximum Gasteiger partial charge on any atom is 0.338 e. The smallest absolute Gasteiger partial charge is 0.338 e. The van der Waals surface area contributed by atoms with Gasteiger partial charge in [-0.15, -0.1) is 0 Å². The van der Waals surface area contributed by atoms with Crippen LogP contribution in [0.4, 0.5) is 5.69 Å². The third-order valence-electron chi connectivity index (χ3n) is 5.21. The van der Waals surface area contributed by atoms with Crippen LogP contribution in [0.3, 0.4) is 0 Å². The lowest BCUT2D eigenvalue weighted by atomic mass is 9.95. The van der Waals surface area contributed by atoms with Crippen LogP contribution in [0.1, 0.15) is 31.0 Å². The van der Waals surface area contributed by atoms with Gasteiger partial charge in [-0.25, -0.2) is 10.2 Å². The average Bonchev–Trinajstić information content (AvgIpc) is 2.82. The second kappa shape index (κ2) is 12.5. The van der Waals surface area contributed by atoms with Crippen LogP contribution in [0.2, 0.25) is 0 Å². The fourth-order valence-corrected chi connectivity index (χ4v) is 4.60. The molecule has 0 saturated carbocycles. The summed E-state index contributed by atoms with van der Waals surface area (Å²) in [6.45, 7) is 3.47. The monoisotopic (exact) mass is 573 g/mol. The van der Waals surface area contributed by atoms with Gasteiger partial charge >= 0.3 is 5.97 Å². The Balaban J connectivity index is 1.69.